The van der Waals surface area contributed by atoms with Crippen molar-refractivity contribution in [1.29, 1.82) is 0 Å². The number of hydrogen-bond donors (Lipinski definition) is 2. The van der Waals surface area contributed by atoms with E-state index < -0.39 is 0 Å². The lowest BCUT2D eigenvalue weighted by molar-refractivity contribution is 0.645. The fourth-order valence-electron chi connectivity index (χ4n) is 2.13. The highest BCUT2D eigenvalue weighted by Crippen LogP contribution is 2.24. The number of benzene rings is 1. The lowest BCUT2D eigenvalue weighted by atomic mass is 9.99. The van der Waals surface area contributed by atoms with Crippen LogP contribution in [0, 0.1) is 0 Å². The fraction of sp³-hybridized carbons (Fsp3) is 0.231. The molecule has 1 aliphatic heterocycles. The van der Waals surface area contributed by atoms with Crippen molar-refractivity contribution < 1.29 is 0 Å². The minimum Gasteiger partial charge on any atom is -0.324 e. The van der Waals surface area contributed by atoms with Crippen LogP contribution < -0.4 is 10.6 Å². The molecular formula is C13H14N4. The van der Waals surface area contributed by atoms with Crippen molar-refractivity contribution in [3.05, 3.63) is 47.8 Å². The maximum absolute atomic E-state index is 4.19. The van der Waals surface area contributed by atoms with Crippen molar-refractivity contribution >= 4 is 11.6 Å². The van der Waals surface area contributed by atoms with Gasteiger partial charge in [-0.3, -0.25) is 0 Å². The number of rotatable bonds is 2. The summed E-state index contributed by atoms with van der Waals surface area (Å²) in [6.45, 7) is 1.97. The predicted molar refractivity (Wildman–Crippen MR) is 67.2 cm³/mol. The Kier molecular flexibility index (Phi) is 2.71. The molecule has 4 heteroatoms. The van der Waals surface area contributed by atoms with Crippen LogP contribution in [0.3, 0.4) is 0 Å². The van der Waals surface area contributed by atoms with E-state index in [-0.39, 0.29) is 0 Å². The van der Waals surface area contributed by atoms with Gasteiger partial charge in [-0.25, -0.2) is 9.97 Å². The Bertz CT molecular complexity index is 510. The van der Waals surface area contributed by atoms with Crippen LogP contribution in [-0.2, 0) is 13.0 Å². The molecule has 0 spiro atoms. The Labute approximate surface area is 100 Å². The molecule has 1 aromatic carbocycles. The molecule has 0 bridgehead atoms. The molecule has 2 heterocycles. The van der Waals surface area contributed by atoms with Gasteiger partial charge in [-0.2, -0.15) is 0 Å². The minimum atomic E-state index is 0.652. The second-order valence-electron chi connectivity index (χ2n) is 4.07. The number of hydrogen-bond acceptors (Lipinski definition) is 4. The maximum Gasteiger partial charge on any atom is 0.227 e. The number of fused-ring (bicyclic) bond motifs is 1. The molecule has 0 atom stereocenters. The SMILES string of the molecule is c1cnc(Nc2cccc3c2CCNC3)nc1. The van der Waals surface area contributed by atoms with Gasteiger partial charge in [0.15, 0.2) is 0 Å². The number of anilines is 2. The van der Waals surface area contributed by atoms with E-state index in [4.69, 9.17) is 0 Å². The second kappa shape index (κ2) is 4.51. The normalized spacial score (nSPS) is 14.1. The smallest absolute Gasteiger partial charge is 0.227 e. The molecule has 4 nitrogen and oxygen atoms in total. The van der Waals surface area contributed by atoms with Crippen molar-refractivity contribution in [3.63, 3.8) is 0 Å². The Hall–Kier alpha value is -1.94. The maximum atomic E-state index is 4.19. The van der Waals surface area contributed by atoms with E-state index in [1.165, 1.54) is 11.1 Å². The standard InChI is InChI=1S/C13H14N4/c1-3-10-9-14-8-5-11(10)12(4-1)17-13-15-6-2-7-16-13/h1-4,6-7,14H,5,8-9H2,(H,15,16,17). The molecule has 17 heavy (non-hydrogen) atoms. The summed E-state index contributed by atoms with van der Waals surface area (Å²) in [6, 6.07) is 8.13. The first kappa shape index (κ1) is 10.2. The third-order valence-corrected chi connectivity index (χ3v) is 2.95. The van der Waals surface area contributed by atoms with Gasteiger partial charge in [-0.05, 0) is 36.2 Å². The highest BCUT2D eigenvalue weighted by Gasteiger charge is 2.12. The molecule has 1 aliphatic rings. The number of nitrogens with one attached hydrogen (secondary N) is 2. The van der Waals surface area contributed by atoms with E-state index in [9.17, 15) is 0 Å². The van der Waals surface area contributed by atoms with E-state index in [1.807, 2.05) is 6.07 Å². The first-order chi connectivity index (χ1) is 8.43. The molecule has 0 amide bonds. The van der Waals surface area contributed by atoms with Gasteiger partial charge in [-0.15, -0.1) is 0 Å². The zero-order valence-corrected chi connectivity index (χ0v) is 9.48. The zero-order chi connectivity index (χ0) is 11.5. The van der Waals surface area contributed by atoms with Gasteiger partial charge in [0.1, 0.15) is 0 Å². The van der Waals surface area contributed by atoms with Gasteiger partial charge in [0.25, 0.3) is 0 Å². The monoisotopic (exact) mass is 226 g/mol. The van der Waals surface area contributed by atoms with E-state index >= 15 is 0 Å². The highest BCUT2D eigenvalue weighted by atomic mass is 15.1. The summed E-state index contributed by atoms with van der Waals surface area (Å²) in [4.78, 5) is 8.37. The van der Waals surface area contributed by atoms with Crippen LogP contribution in [0.4, 0.5) is 11.6 Å². The van der Waals surface area contributed by atoms with Crippen LogP contribution in [0.1, 0.15) is 11.1 Å². The van der Waals surface area contributed by atoms with Gasteiger partial charge < -0.3 is 10.6 Å². The Morgan fingerprint density at radius 1 is 1.12 bits per heavy atom. The molecule has 1 aromatic heterocycles. The van der Waals surface area contributed by atoms with E-state index in [0.717, 1.165) is 25.2 Å². The number of aromatic nitrogens is 2. The zero-order valence-electron chi connectivity index (χ0n) is 9.48. The summed E-state index contributed by atoms with van der Waals surface area (Å²) in [6.07, 6.45) is 4.53. The topological polar surface area (TPSA) is 49.8 Å². The summed E-state index contributed by atoms with van der Waals surface area (Å²) >= 11 is 0. The summed E-state index contributed by atoms with van der Waals surface area (Å²) in [5.74, 6) is 0.652. The lowest BCUT2D eigenvalue weighted by Gasteiger charge is -2.20. The van der Waals surface area contributed by atoms with Crippen molar-refractivity contribution in [1.82, 2.24) is 15.3 Å². The third kappa shape index (κ3) is 2.12. The van der Waals surface area contributed by atoms with E-state index in [1.54, 1.807) is 12.4 Å². The largest absolute Gasteiger partial charge is 0.324 e. The molecule has 0 aliphatic carbocycles. The molecule has 2 N–H and O–H groups in total. The predicted octanol–water partition coefficient (Wildman–Crippen LogP) is 1.87. The average molecular weight is 226 g/mol. The van der Waals surface area contributed by atoms with Crippen molar-refractivity contribution in [2.45, 2.75) is 13.0 Å². The quantitative estimate of drug-likeness (QED) is 0.820. The van der Waals surface area contributed by atoms with Gasteiger partial charge in [0.2, 0.25) is 5.95 Å². The average Bonchev–Trinajstić information content (AvgIpc) is 2.40. The third-order valence-electron chi connectivity index (χ3n) is 2.95. The molecule has 0 unspecified atom stereocenters. The lowest BCUT2D eigenvalue weighted by Crippen LogP contribution is -2.24. The summed E-state index contributed by atoms with van der Waals surface area (Å²) in [7, 11) is 0. The van der Waals surface area contributed by atoms with Gasteiger partial charge >= 0.3 is 0 Å². The Morgan fingerprint density at radius 3 is 2.88 bits per heavy atom. The van der Waals surface area contributed by atoms with Crippen LogP contribution in [0.25, 0.3) is 0 Å². The van der Waals surface area contributed by atoms with Gasteiger partial charge in [-0.1, -0.05) is 12.1 Å². The molecule has 0 saturated carbocycles. The van der Waals surface area contributed by atoms with Gasteiger partial charge in [0, 0.05) is 24.6 Å². The van der Waals surface area contributed by atoms with E-state index in [0.29, 0.717) is 5.95 Å². The Morgan fingerprint density at radius 2 is 2.00 bits per heavy atom. The number of nitrogens with zero attached hydrogens (tertiary/aromatic N) is 2. The molecule has 0 saturated heterocycles. The molecule has 0 radical (unpaired) electrons. The van der Waals surface area contributed by atoms with Crippen LogP contribution in [0.5, 0.6) is 0 Å². The van der Waals surface area contributed by atoms with Crippen molar-refractivity contribution in [2.24, 2.45) is 0 Å². The molecule has 0 fully saturated rings. The van der Waals surface area contributed by atoms with Crippen LogP contribution >= 0.6 is 0 Å². The van der Waals surface area contributed by atoms with Crippen molar-refractivity contribution in [3.8, 4) is 0 Å². The summed E-state index contributed by atoms with van der Waals surface area (Å²) < 4.78 is 0. The second-order valence-corrected chi connectivity index (χ2v) is 4.07. The summed E-state index contributed by atoms with van der Waals surface area (Å²) in [5, 5.41) is 6.66. The molecular weight excluding hydrogens is 212 g/mol. The molecule has 3 rings (SSSR count). The fourth-order valence-corrected chi connectivity index (χ4v) is 2.13. The molecule has 2 aromatic rings. The van der Waals surface area contributed by atoms with Crippen molar-refractivity contribution in [2.75, 3.05) is 11.9 Å². The van der Waals surface area contributed by atoms with E-state index in [2.05, 4.69) is 38.8 Å². The minimum absolute atomic E-state index is 0.652. The highest BCUT2D eigenvalue weighted by molar-refractivity contribution is 5.61. The molecule has 86 valence electrons. The first-order valence-corrected chi connectivity index (χ1v) is 5.79. The summed E-state index contributed by atoms with van der Waals surface area (Å²) in [5.41, 5.74) is 3.85. The van der Waals surface area contributed by atoms with Crippen LogP contribution in [-0.4, -0.2) is 16.5 Å². The Balaban J connectivity index is 1.93. The van der Waals surface area contributed by atoms with Crippen LogP contribution in [0.15, 0.2) is 36.7 Å². The van der Waals surface area contributed by atoms with Gasteiger partial charge in [0.05, 0.1) is 0 Å². The van der Waals surface area contributed by atoms with Crippen LogP contribution in [0.2, 0.25) is 0 Å². The first-order valence-electron chi connectivity index (χ1n) is 5.79.